The van der Waals surface area contributed by atoms with E-state index in [4.69, 9.17) is 9.47 Å². The molecule has 3 nitrogen and oxygen atoms in total. The van der Waals surface area contributed by atoms with Crippen LogP contribution in [0.15, 0.2) is 18.2 Å². The third kappa shape index (κ3) is 4.30. The first-order valence-electron chi connectivity index (χ1n) is 8.04. The first-order valence-corrected chi connectivity index (χ1v) is 9.09. The fourth-order valence-corrected chi connectivity index (χ4v) is 4.23. The summed E-state index contributed by atoms with van der Waals surface area (Å²) < 4.78 is 11.4. The molecule has 0 aliphatic carbocycles. The Hall–Kier alpha value is -0.870. The zero-order valence-electron chi connectivity index (χ0n) is 13.4. The molecule has 0 spiro atoms. The Kier molecular flexibility index (Phi) is 6.71. The van der Waals surface area contributed by atoms with Crippen molar-refractivity contribution in [2.75, 3.05) is 25.5 Å². The van der Waals surface area contributed by atoms with Crippen molar-refractivity contribution < 1.29 is 9.47 Å². The number of hydrogen-bond donors (Lipinski definition) is 1. The molecule has 2 atom stereocenters. The SMILES string of the molecule is CCNC(c1ccc(OCC)c(OCC)c1)C1CCCS1. The molecule has 21 heavy (non-hydrogen) atoms. The average molecular weight is 309 g/mol. The van der Waals surface area contributed by atoms with E-state index in [-0.39, 0.29) is 0 Å². The molecule has 118 valence electrons. The lowest BCUT2D eigenvalue weighted by molar-refractivity contribution is 0.287. The summed E-state index contributed by atoms with van der Waals surface area (Å²) in [7, 11) is 0. The van der Waals surface area contributed by atoms with Crippen molar-refractivity contribution >= 4 is 11.8 Å². The van der Waals surface area contributed by atoms with Crippen molar-refractivity contribution in [3.05, 3.63) is 23.8 Å². The average Bonchev–Trinajstić information content (AvgIpc) is 3.01. The van der Waals surface area contributed by atoms with E-state index in [1.165, 1.54) is 24.2 Å². The van der Waals surface area contributed by atoms with Crippen LogP contribution in [0.5, 0.6) is 11.5 Å². The molecule has 0 amide bonds. The third-order valence-corrected chi connectivity index (χ3v) is 5.15. The minimum Gasteiger partial charge on any atom is -0.490 e. The monoisotopic (exact) mass is 309 g/mol. The normalized spacial score (nSPS) is 19.5. The quantitative estimate of drug-likeness (QED) is 0.785. The van der Waals surface area contributed by atoms with Gasteiger partial charge in [-0.15, -0.1) is 0 Å². The maximum Gasteiger partial charge on any atom is 0.161 e. The predicted octanol–water partition coefficient (Wildman–Crippen LogP) is 4.03. The Morgan fingerprint density at radius 1 is 1.19 bits per heavy atom. The van der Waals surface area contributed by atoms with Gasteiger partial charge in [0.25, 0.3) is 0 Å². The lowest BCUT2D eigenvalue weighted by Gasteiger charge is -2.25. The second-order valence-electron chi connectivity index (χ2n) is 5.16. The van der Waals surface area contributed by atoms with Gasteiger partial charge < -0.3 is 14.8 Å². The van der Waals surface area contributed by atoms with E-state index >= 15 is 0 Å². The van der Waals surface area contributed by atoms with Gasteiger partial charge in [0.05, 0.1) is 13.2 Å². The van der Waals surface area contributed by atoms with E-state index in [0.29, 0.717) is 24.5 Å². The summed E-state index contributed by atoms with van der Waals surface area (Å²) in [6, 6.07) is 6.78. The molecule has 4 heteroatoms. The number of nitrogens with one attached hydrogen (secondary N) is 1. The Morgan fingerprint density at radius 3 is 2.57 bits per heavy atom. The maximum atomic E-state index is 5.76. The van der Waals surface area contributed by atoms with Crippen LogP contribution in [0.3, 0.4) is 0 Å². The zero-order valence-corrected chi connectivity index (χ0v) is 14.2. The van der Waals surface area contributed by atoms with Crippen LogP contribution in [0, 0.1) is 0 Å². The van der Waals surface area contributed by atoms with Crippen molar-refractivity contribution in [1.82, 2.24) is 5.32 Å². The minimum atomic E-state index is 0.400. The minimum absolute atomic E-state index is 0.400. The summed E-state index contributed by atoms with van der Waals surface area (Å²) >= 11 is 2.08. The topological polar surface area (TPSA) is 30.5 Å². The van der Waals surface area contributed by atoms with Crippen LogP contribution in [-0.4, -0.2) is 30.8 Å². The Balaban J connectivity index is 2.24. The fraction of sp³-hybridized carbons (Fsp3) is 0.647. The summed E-state index contributed by atoms with van der Waals surface area (Å²) in [6.07, 6.45) is 2.62. The highest BCUT2D eigenvalue weighted by Gasteiger charge is 2.27. The van der Waals surface area contributed by atoms with Crippen LogP contribution in [0.2, 0.25) is 0 Å². The van der Waals surface area contributed by atoms with Crippen molar-refractivity contribution in [1.29, 1.82) is 0 Å². The number of benzene rings is 1. The highest BCUT2D eigenvalue weighted by molar-refractivity contribution is 8.00. The highest BCUT2D eigenvalue weighted by atomic mass is 32.2. The second kappa shape index (κ2) is 8.54. The van der Waals surface area contributed by atoms with Gasteiger partial charge in [0.15, 0.2) is 11.5 Å². The van der Waals surface area contributed by atoms with Crippen molar-refractivity contribution in [3.63, 3.8) is 0 Å². The second-order valence-corrected chi connectivity index (χ2v) is 6.51. The van der Waals surface area contributed by atoms with E-state index in [2.05, 4.69) is 36.1 Å². The Morgan fingerprint density at radius 2 is 1.95 bits per heavy atom. The van der Waals surface area contributed by atoms with E-state index in [9.17, 15) is 0 Å². The molecule has 1 aromatic rings. The van der Waals surface area contributed by atoms with Crippen LogP contribution in [0.25, 0.3) is 0 Å². The maximum absolute atomic E-state index is 5.76. The molecule has 1 saturated heterocycles. The summed E-state index contributed by atoms with van der Waals surface area (Å²) in [5.41, 5.74) is 1.31. The fourth-order valence-electron chi connectivity index (χ4n) is 2.81. The van der Waals surface area contributed by atoms with E-state index in [1.54, 1.807) is 0 Å². The molecule has 0 aromatic heterocycles. The summed E-state index contributed by atoms with van der Waals surface area (Å²) in [4.78, 5) is 0. The number of thioether (sulfide) groups is 1. The summed E-state index contributed by atoms with van der Waals surface area (Å²) in [5.74, 6) is 2.99. The molecular weight excluding hydrogens is 282 g/mol. The standard InChI is InChI=1S/C17H27NO2S/c1-4-18-17(16-8-7-11-21-16)13-9-10-14(19-5-2)15(12-13)20-6-3/h9-10,12,16-18H,4-8,11H2,1-3H3. The zero-order chi connectivity index (χ0) is 15.1. The predicted molar refractivity (Wildman–Crippen MR) is 90.7 cm³/mol. The Labute approximate surface area is 132 Å². The molecule has 2 rings (SSSR count). The van der Waals surface area contributed by atoms with Crippen LogP contribution in [0.4, 0.5) is 0 Å². The van der Waals surface area contributed by atoms with Gasteiger partial charge in [0.2, 0.25) is 0 Å². The molecule has 0 bridgehead atoms. The highest BCUT2D eigenvalue weighted by Crippen LogP contribution is 2.38. The largest absolute Gasteiger partial charge is 0.490 e. The lowest BCUT2D eigenvalue weighted by atomic mass is 10.00. The molecule has 2 unspecified atom stereocenters. The Bertz CT molecular complexity index is 433. The summed E-state index contributed by atoms with van der Waals surface area (Å²) in [5, 5.41) is 4.31. The van der Waals surface area contributed by atoms with Crippen molar-refractivity contribution in [3.8, 4) is 11.5 Å². The van der Waals surface area contributed by atoms with Gasteiger partial charge in [0, 0.05) is 11.3 Å². The third-order valence-electron chi connectivity index (χ3n) is 3.69. The van der Waals surface area contributed by atoms with Gasteiger partial charge in [-0.2, -0.15) is 11.8 Å². The van der Waals surface area contributed by atoms with Crippen LogP contribution in [0.1, 0.15) is 45.2 Å². The van der Waals surface area contributed by atoms with Gasteiger partial charge in [-0.25, -0.2) is 0 Å². The van der Waals surface area contributed by atoms with Gasteiger partial charge >= 0.3 is 0 Å². The van der Waals surface area contributed by atoms with E-state index < -0.39 is 0 Å². The van der Waals surface area contributed by atoms with Crippen molar-refractivity contribution in [2.45, 2.75) is 44.9 Å². The van der Waals surface area contributed by atoms with Crippen LogP contribution in [-0.2, 0) is 0 Å². The molecule has 0 saturated carbocycles. The molecule has 1 aliphatic heterocycles. The van der Waals surface area contributed by atoms with Gasteiger partial charge in [-0.1, -0.05) is 13.0 Å². The first kappa shape index (κ1) is 16.5. The van der Waals surface area contributed by atoms with Gasteiger partial charge in [-0.05, 0) is 56.7 Å². The summed E-state index contributed by atoms with van der Waals surface area (Å²) in [6.45, 7) is 8.49. The van der Waals surface area contributed by atoms with Crippen LogP contribution >= 0.6 is 11.8 Å². The number of hydrogen-bond acceptors (Lipinski definition) is 4. The van der Waals surface area contributed by atoms with E-state index in [0.717, 1.165) is 18.0 Å². The molecule has 0 radical (unpaired) electrons. The van der Waals surface area contributed by atoms with E-state index in [1.807, 2.05) is 19.9 Å². The molecular formula is C17H27NO2S. The van der Waals surface area contributed by atoms with Gasteiger partial charge in [-0.3, -0.25) is 0 Å². The molecule has 1 fully saturated rings. The van der Waals surface area contributed by atoms with Crippen LogP contribution < -0.4 is 14.8 Å². The molecule has 1 N–H and O–H groups in total. The smallest absolute Gasteiger partial charge is 0.161 e. The van der Waals surface area contributed by atoms with Crippen molar-refractivity contribution in [2.24, 2.45) is 0 Å². The lowest BCUT2D eigenvalue weighted by Crippen LogP contribution is -2.28. The number of ether oxygens (including phenoxy) is 2. The molecule has 1 aromatic carbocycles. The van der Waals surface area contributed by atoms with Gasteiger partial charge in [0.1, 0.15) is 0 Å². The first-order chi connectivity index (χ1) is 10.3. The number of rotatable bonds is 8. The molecule has 1 aliphatic rings. The molecule has 1 heterocycles.